The summed E-state index contributed by atoms with van der Waals surface area (Å²) in [4.78, 5) is 10.3. The van der Waals surface area contributed by atoms with Crippen LogP contribution < -0.4 is 16.8 Å². The fraction of sp³-hybridized carbons (Fsp3) is 0.133. The number of phenols is 1. The van der Waals surface area contributed by atoms with Gasteiger partial charge in [0.15, 0.2) is 5.82 Å². The van der Waals surface area contributed by atoms with Crippen molar-refractivity contribution in [3.8, 4) is 17.1 Å². The van der Waals surface area contributed by atoms with Gasteiger partial charge in [0.1, 0.15) is 10.6 Å². The molecular formula is C15H15ClN6O7S2. The van der Waals surface area contributed by atoms with Gasteiger partial charge >= 0.3 is 0 Å². The van der Waals surface area contributed by atoms with Crippen LogP contribution in [0.25, 0.3) is 22.2 Å². The second-order valence-corrected chi connectivity index (χ2v) is 9.27. The van der Waals surface area contributed by atoms with Gasteiger partial charge in [-0.15, -0.1) is 0 Å². The molecule has 0 aliphatic heterocycles. The van der Waals surface area contributed by atoms with E-state index >= 15 is 0 Å². The number of nitrogens with one attached hydrogen (secondary N) is 1. The van der Waals surface area contributed by atoms with E-state index < -0.39 is 41.5 Å². The summed E-state index contributed by atoms with van der Waals surface area (Å²) in [6.45, 7) is 0.477. The number of nitrogens with two attached hydrogens (primary N) is 2. The van der Waals surface area contributed by atoms with Crippen LogP contribution in [0.2, 0.25) is 5.28 Å². The lowest BCUT2D eigenvalue weighted by Crippen LogP contribution is -2.15. The lowest BCUT2D eigenvalue weighted by atomic mass is 10.0. The van der Waals surface area contributed by atoms with Crippen molar-refractivity contribution in [1.82, 2.24) is 15.0 Å². The second kappa shape index (κ2) is 8.03. The monoisotopic (exact) mass is 490 g/mol. The highest BCUT2D eigenvalue weighted by atomic mass is 35.5. The first-order valence-corrected chi connectivity index (χ1v) is 11.5. The summed E-state index contributed by atoms with van der Waals surface area (Å²) in [5.41, 5.74) is 10.6. The van der Waals surface area contributed by atoms with Gasteiger partial charge in [0.25, 0.3) is 20.2 Å². The number of aromatic nitrogens is 3. The Balaban J connectivity index is 2.48. The number of hydrogen-bond donors (Lipinski definition) is 6. The smallest absolute Gasteiger partial charge is 0.296 e. The highest BCUT2D eigenvalue weighted by molar-refractivity contribution is 7.86. The molecule has 1 heterocycles. The van der Waals surface area contributed by atoms with E-state index in [1.54, 1.807) is 0 Å². The van der Waals surface area contributed by atoms with E-state index in [4.69, 9.17) is 23.1 Å². The summed E-state index contributed by atoms with van der Waals surface area (Å²) in [7, 11) is -9.67. The van der Waals surface area contributed by atoms with E-state index in [0.29, 0.717) is 0 Å². The highest BCUT2D eigenvalue weighted by Gasteiger charge is 2.26. The number of phenolic OH excluding ortho intramolecular Hbond substituents is 1. The Morgan fingerprint density at radius 1 is 1.03 bits per heavy atom. The SMILES string of the molecule is NCCNc1nc(Cl)nc(-c2c(N)c(S(=O)(=O)O)cc3cc(S(=O)(=O)O)cc(O)c23)n1. The van der Waals surface area contributed by atoms with Gasteiger partial charge in [0, 0.05) is 24.5 Å². The molecule has 166 valence electrons. The molecule has 3 rings (SSSR count). The average Bonchev–Trinajstić information content (AvgIpc) is 2.64. The van der Waals surface area contributed by atoms with Gasteiger partial charge < -0.3 is 21.9 Å². The minimum absolute atomic E-state index is 0.0423. The molecule has 0 saturated carbocycles. The van der Waals surface area contributed by atoms with Crippen LogP contribution in [-0.2, 0) is 20.2 Å². The van der Waals surface area contributed by atoms with Crippen molar-refractivity contribution in [2.45, 2.75) is 9.79 Å². The summed E-state index contributed by atoms with van der Waals surface area (Å²) in [6, 6.07) is 2.43. The van der Waals surface area contributed by atoms with Crippen LogP contribution in [0.1, 0.15) is 0 Å². The van der Waals surface area contributed by atoms with Crippen molar-refractivity contribution in [3.63, 3.8) is 0 Å². The molecule has 0 fully saturated rings. The van der Waals surface area contributed by atoms with Crippen molar-refractivity contribution < 1.29 is 31.0 Å². The zero-order chi connectivity index (χ0) is 23.1. The van der Waals surface area contributed by atoms with Crippen molar-refractivity contribution in [1.29, 1.82) is 0 Å². The number of anilines is 2. The molecule has 13 nitrogen and oxygen atoms in total. The van der Waals surface area contributed by atoms with E-state index in [-0.39, 0.29) is 46.5 Å². The Labute approximate surface area is 180 Å². The Hall–Kier alpha value is -2.82. The quantitative estimate of drug-likeness (QED) is 0.204. The van der Waals surface area contributed by atoms with Gasteiger partial charge in [0.05, 0.1) is 16.1 Å². The summed E-state index contributed by atoms with van der Waals surface area (Å²) >= 11 is 5.92. The Kier molecular flexibility index (Phi) is 5.92. The number of halogens is 1. The summed E-state index contributed by atoms with van der Waals surface area (Å²) in [6.07, 6.45) is 0. The molecule has 16 heteroatoms. The largest absolute Gasteiger partial charge is 0.507 e. The molecule has 0 bridgehead atoms. The van der Waals surface area contributed by atoms with Gasteiger partial charge in [-0.25, -0.2) is 0 Å². The third-order valence-corrected chi connectivity index (χ3v) is 5.92. The molecule has 0 saturated heterocycles. The summed E-state index contributed by atoms with van der Waals surface area (Å²) in [5, 5.41) is 12.5. The molecule has 0 amide bonds. The third kappa shape index (κ3) is 4.60. The second-order valence-electron chi connectivity index (χ2n) is 6.12. The molecule has 0 spiro atoms. The molecule has 0 aliphatic carbocycles. The van der Waals surface area contributed by atoms with Crippen LogP contribution in [0.3, 0.4) is 0 Å². The van der Waals surface area contributed by atoms with E-state index in [0.717, 1.165) is 18.2 Å². The molecule has 3 aromatic rings. The summed E-state index contributed by atoms with van der Waals surface area (Å²) < 4.78 is 65.6. The molecule has 2 aromatic carbocycles. The standard InChI is InChI=1S/C15H15ClN6O7S2/c16-14-20-13(21-15(22-14)19-2-1-17)11-10-6(4-9(12(11)18)31(27,28)29)3-7(5-8(10)23)30(24,25)26/h3-5,23H,1-2,17-18H2,(H,24,25,26)(H,27,28,29)(H,19,20,21,22). The number of nitrogen functional groups attached to an aromatic ring is 1. The van der Waals surface area contributed by atoms with E-state index in [1.807, 2.05) is 0 Å². The number of hydrogen-bond acceptors (Lipinski definition) is 11. The minimum atomic E-state index is -4.91. The molecule has 0 atom stereocenters. The van der Waals surface area contributed by atoms with Crippen LogP contribution in [-0.4, -0.2) is 59.1 Å². The molecule has 0 unspecified atom stereocenters. The lowest BCUT2D eigenvalue weighted by molar-refractivity contribution is 0.471. The molecule has 31 heavy (non-hydrogen) atoms. The van der Waals surface area contributed by atoms with Gasteiger partial charge in [-0.2, -0.15) is 31.8 Å². The van der Waals surface area contributed by atoms with Crippen LogP contribution in [0.15, 0.2) is 28.0 Å². The number of aromatic hydroxyl groups is 1. The van der Waals surface area contributed by atoms with Crippen molar-refractivity contribution in [2.24, 2.45) is 5.73 Å². The number of rotatable bonds is 6. The summed E-state index contributed by atoms with van der Waals surface area (Å²) in [5.74, 6) is -1.02. The first-order valence-electron chi connectivity index (χ1n) is 8.23. The fourth-order valence-corrected chi connectivity index (χ4v) is 4.16. The zero-order valence-corrected chi connectivity index (χ0v) is 17.7. The predicted molar refractivity (Wildman–Crippen MR) is 111 cm³/mol. The fourth-order valence-electron chi connectivity index (χ4n) is 2.80. The van der Waals surface area contributed by atoms with Crippen LogP contribution in [0.5, 0.6) is 5.75 Å². The van der Waals surface area contributed by atoms with Crippen LogP contribution >= 0.6 is 11.6 Å². The van der Waals surface area contributed by atoms with E-state index in [2.05, 4.69) is 20.3 Å². The third-order valence-electron chi connectivity index (χ3n) is 4.03. The zero-order valence-electron chi connectivity index (χ0n) is 15.3. The normalized spacial score (nSPS) is 12.3. The molecule has 0 radical (unpaired) electrons. The van der Waals surface area contributed by atoms with Crippen molar-refractivity contribution >= 4 is 54.2 Å². The number of benzene rings is 2. The van der Waals surface area contributed by atoms with Gasteiger partial charge in [-0.1, -0.05) is 0 Å². The average molecular weight is 491 g/mol. The van der Waals surface area contributed by atoms with E-state index in [9.17, 15) is 31.0 Å². The maximum absolute atomic E-state index is 11.9. The topological polar surface area (TPSA) is 232 Å². The molecule has 1 aromatic heterocycles. The van der Waals surface area contributed by atoms with Crippen molar-refractivity contribution in [2.75, 3.05) is 24.1 Å². The highest BCUT2D eigenvalue weighted by Crippen LogP contribution is 2.42. The molecule has 8 N–H and O–H groups in total. The number of fused-ring (bicyclic) bond motifs is 1. The van der Waals surface area contributed by atoms with Gasteiger partial charge in [-0.3, -0.25) is 9.11 Å². The maximum Gasteiger partial charge on any atom is 0.296 e. The van der Waals surface area contributed by atoms with Crippen LogP contribution in [0, 0.1) is 0 Å². The van der Waals surface area contributed by atoms with E-state index in [1.165, 1.54) is 0 Å². The van der Waals surface area contributed by atoms with Gasteiger partial charge in [0.2, 0.25) is 11.2 Å². The maximum atomic E-state index is 11.9. The minimum Gasteiger partial charge on any atom is -0.507 e. The molecule has 0 aliphatic rings. The Morgan fingerprint density at radius 2 is 1.71 bits per heavy atom. The first-order chi connectivity index (χ1) is 14.3. The number of nitrogens with zero attached hydrogens (tertiary/aromatic N) is 3. The first kappa shape index (κ1) is 22.9. The van der Waals surface area contributed by atoms with Crippen LogP contribution in [0.4, 0.5) is 11.6 Å². The Morgan fingerprint density at radius 3 is 2.29 bits per heavy atom. The molecular weight excluding hydrogens is 476 g/mol. The van der Waals surface area contributed by atoms with Gasteiger partial charge in [-0.05, 0) is 29.1 Å². The lowest BCUT2D eigenvalue weighted by Gasteiger charge is -2.15. The predicted octanol–water partition coefficient (Wildman–Crippen LogP) is 0.497. The van der Waals surface area contributed by atoms with Crippen molar-refractivity contribution in [3.05, 3.63) is 23.5 Å². The Bertz CT molecular complexity index is 1410.